The predicted octanol–water partition coefficient (Wildman–Crippen LogP) is 3.00. The molecular weight excluding hydrogens is 290 g/mol. The number of fused-ring (bicyclic) bond motifs is 1. The van der Waals surface area contributed by atoms with Crippen molar-refractivity contribution in [1.82, 2.24) is 5.32 Å². The Morgan fingerprint density at radius 1 is 1.17 bits per heavy atom. The molecule has 0 radical (unpaired) electrons. The average molecular weight is 311 g/mol. The molecule has 23 heavy (non-hydrogen) atoms. The second-order valence-corrected chi connectivity index (χ2v) is 5.84. The van der Waals surface area contributed by atoms with Gasteiger partial charge in [0, 0.05) is 5.92 Å². The summed E-state index contributed by atoms with van der Waals surface area (Å²) in [5.41, 5.74) is 3.46. The molecule has 2 unspecified atom stereocenters. The molecule has 2 aromatic rings. The summed E-state index contributed by atoms with van der Waals surface area (Å²) in [5, 5.41) is 12.5. The Labute approximate surface area is 136 Å². The maximum absolute atomic E-state index is 12.0. The van der Waals surface area contributed by atoms with Crippen molar-refractivity contribution in [2.24, 2.45) is 0 Å². The quantitative estimate of drug-likeness (QED) is 0.892. The van der Waals surface area contributed by atoms with Gasteiger partial charge in [-0.2, -0.15) is 0 Å². The van der Waals surface area contributed by atoms with Gasteiger partial charge in [-0.05, 0) is 29.5 Å². The smallest absolute Gasteiger partial charge is 0.407 e. The molecule has 4 nitrogen and oxygen atoms in total. The van der Waals surface area contributed by atoms with Crippen LogP contribution in [0, 0.1) is 0 Å². The molecule has 1 aliphatic rings. The molecule has 0 saturated carbocycles. The van der Waals surface area contributed by atoms with Crippen LogP contribution < -0.4 is 5.32 Å². The first-order valence-electron chi connectivity index (χ1n) is 7.94. The van der Waals surface area contributed by atoms with E-state index in [2.05, 4.69) is 17.4 Å². The van der Waals surface area contributed by atoms with Crippen LogP contribution in [0.25, 0.3) is 0 Å². The van der Waals surface area contributed by atoms with Gasteiger partial charge in [-0.3, -0.25) is 0 Å². The van der Waals surface area contributed by atoms with Crippen molar-refractivity contribution < 1.29 is 14.6 Å². The molecular formula is C19H21NO3. The molecule has 0 saturated heterocycles. The van der Waals surface area contributed by atoms with Gasteiger partial charge in [0.2, 0.25) is 0 Å². The topological polar surface area (TPSA) is 58.6 Å². The SMILES string of the molecule is O=C(NC(CO)C1CCc2ccccc21)OCc1ccccc1. The summed E-state index contributed by atoms with van der Waals surface area (Å²) < 4.78 is 5.25. The number of carbonyl (C=O) groups excluding carboxylic acids is 1. The van der Waals surface area contributed by atoms with Crippen molar-refractivity contribution in [2.45, 2.75) is 31.4 Å². The highest BCUT2D eigenvalue weighted by atomic mass is 16.5. The van der Waals surface area contributed by atoms with Crippen LogP contribution in [0.15, 0.2) is 54.6 Å². The fraction of sp³-hybridized carbons (Fsp3) is 0.316. The van der Waals surface area contributed by atoms with E-state index in [1.165, 1.54) is 11.1 Å². The van der Waals surface area contributed by atoms with Crippen molar-refractivity contribution >= 4 is 6.09 Å². The molecule has 2 atom stereocenters. The third-order valence-corrected chi connectivity index (χ3v) is 4.38. The van der Waals surface area contributed by atoms with Crippen molar-refractivity contribution in [3.8, 4) is 0 Å². The average Bonchev–Trinajstić information content (AvgIpc) is 3.03. The van der Waals surface area contributed by atoms with Gasteiger partial charge in [0.15, 0.2) is 0 Å². The first kappa shape index (κ1) is 15.6. The fourth-order valence-corrected chi connectivity index (χ4v) is 3.20. The van der Waals surface area contributed by atoms with E-state index in [1.807, 2.05) is 42.5 Å². The minimum atomic E-state index is -0.489. The molecule has 0 spiro atoms. The Kier molecular flexibility index (Phi) is 4.93. The summed E-state index contributed by atoms with van der Waals surface area (Å²) in [6.45, 7) is 0.130. The summed E-state index contributed by atoms with van der Waals surface area (Å²) in [6, 6.07) is 17.4. The molecule has 120 valence electrons. The van der Waals surface area contributed by atoms with Gasteiger partial charge >= 0.3 is 6.09 Å². The predicted molar refractivity (Wildman–Crippen MR) is 88.1 cm³/mol. The van der Waals surface area contributed by atoms with Crippen LogP contribution in [0.4, 0.5) is 4.79 Å². The number of hydrogen-bond acceptors (Lipinski definition) is 3. The first-order valence-corrected chi connectivity index (χ1v) is 7.94. The lowest BCUT2D eigenvalue weighted by atomic mass is 9.94. The van der Waals surface area contributed by atoms with Gasteiger partial charge < -0.3 is 15.2 Å². The lowest BCUT2D eigenvalue weighted by molar-refractivity contribution is 0.126. The number of aryl methyl sites for hydroxylation is 1. The Morgan fingerprint density at radius 3 is 2.70 bits per heavy atom. The summed E-state index contributed by atoms with van der Waals surface area (Å²) in [5.74, 6) is 0.139. The highest BCUT2D eigenvalue weighted by Gasteiger charge is 2.30. The third kappa shape index (κ3) is 3.71. The molecule has 3 rings (SSSR count). The third-order valence-electron chi connectivity index (χ3n) is 4.38. The van der Waals surface area contributed by atoms with Gasteiger partial charge in [0.1, 0.15) is 6.61 Å². The normalized spacial score (nSPS) is 17.3. The second-order valence-electron chi connectivity index (χ2n) is 5.84. The molecule has 0 fully saturated rings. The number of rotatable bonds is 5. The summed E-state index contributed by atoms with van der Waals surface area (Å²) >= 11 is 0. The Hall–Kier alpha value is -2.33. The highest BCUT2D eigenvalue weighted by molar-refractivity contribution is 5.68. The van der Waals surface area contributed by atoms with Crippen molar-refractivity contribution in [1.29, 1.82) is 0 Å². The van der Waals surface area contributed by atoms with Crippen molar-refractivity contribution in [2.75, 3.05) is 6.61 Å². The molecule has 1 aliphatic carbocycles. The van der Waals surface area contributed by atoms with E-state index in [0.29, 0.717) is 0 Å². The number of alkyl carbamates (subject to hydrolysis) is 1. The van der Waals surface area contributed by atoms with Crippen LogP contribution in [-0.2, 0) is 17.8 Å². The fourth-order valence-electron chi connectivity index (χ4n) is 3.20. The van der Waals surface area contributed by atoms with Gasteiger partial charge in [-0.25, -0.2) is 4.79 Å². The number of ether oxygens (including phenoxy) is 1. The van der Waals surface area contributed by atoms with Crippen LogP contribution in [0.2, 0.25) is 0 Å². The highest BCUT2D eigenvalue weighted by Crippen LogP contribution is 2.35. The summed E-state index contributed by atoms with van der Waals surface area (Å²) in [4.78, 5) is 12.0. The van der Waals surface area contributed by atoms with Gasteiger partial charge in [-0.15, -0.1) is 0 Å². The van der Waals surface area contributed by atoms with E-state index in [0.717, 1.165) is 18.4 Å². The van der Waals surface area contributed by atoms with Crippen LogP contribution >= 0.6 is 0 Å². The van der Waals surface area contributed by atoms with E-state index < -0.39 is 6.09 Å². The zero-order valence-electron chi connectivity index (χ0n) is 12.9. The van der Waals surface area contributed by atoms with E-state index in [-0.39, 0.29) is 25.2 Å². The lowest BCUT2D eigenvalue weighted by Gasteiger charge is -2.23. The van der Waals surface area contributed by atoms with Crippen molar-refractivity contribution in [3.05, 3.63) is 71.3 Å². The number of aliphatic hydroxyl groups excluding tert-OH is 1. The zero-order valence-corrected chi connectivity index (χ0v) is 12.9. The minimum Gasteiger partial charge on any atom is -0.445 e. The van der Waals surface area contributed by atoms with Crippen LogP contribution in [0.1, 0.15) is 29.0 Å². The summed E-state index contributed by atoms with van der Waals surface area (Å²) in [7, 11) is 0. The molecule has 0 bridgehead atoms. The number of nitrogens with one attached hydrogen (secondary N) is 1. The maximum atomic E-state index is 12.0. The Balaban J connectivity index is 1.58. The number of amides is 1. The summed E-state index contributed by atoms with van der Waals surface area (Å²) in [6.07, 6.45) is 1.43. The van der Waals surface area contributed by atoms with E-state index >= 15 is 0 Å². The van der Waals surface area contributed by atoms with Crippen LogP contribution in [0.5, 0.6) is 0 Å². The largest absolute Gasteiger partial charge is 0.445 e. The first-order chi connectivity index (χ1) is 11.3. The zero-order chi connectivity index (χ0) is 16.1. The molecule has 2 aromatic carbocycles. The van der Waals surface area contributed by atoms with E-state index in [1.54, 1.807) is 0 Å². The molecule has 4 heteroatoms. The molecule has 0 aromatic heterocycles. The van der Waals surface area contributed by atoms with Gasteiger partial charge in [0.25, 0.3) is 0 Å². The van der Waals surface area contributed by atoms with Crippen LogP contribution in [0.3, 0.4) is 0 Å². The van der Waals surface area contributed by atoms with E-state index in [9.17, 15) is 9.90 Å². The lowest BCUT2D eigenvalue weighted by Crippen LogP contribution is -2.41. The monoisotopic (exact) mass is 311 g/mol. The van der Waals surface area contributed by atoms with E-state index in [4.69, 9.17) is 4.74 Å². The molecule has 0 aliphatic heterocycles. The number of hydrogen-bond donors (Lipinski definition) is 2. The standard InChI is InChI=1S/C19H21NO3/c21-12-18(17-11-10-15-8-4-5-9-16(15)17)20-19(22)23-13-14-6-2-1-3-7-14/h1-9,17-18,21H,10-13H2,(H,20,22). The molecule has 2 N–H and O–H groups in total. The van der Waals surface area contributed by atoms with Crippen molar-refractivity contribution in [3.63, 3.8) is 0 Å². The number of aliphatic hydroxyl groups is 1. The Bertz CT molecular complexity index is 657. The number of carbonyl (C=O) groups is 1. The van der Waals surface area contributed by atoms with Crippen LogP contribution in [-0.4, -0.2) is 23.8 Å². The minimum absolute atomic E-state index is 0.0978. The van der Waals surface area contributed by atoms with Gasteiger partial charge in [0.05, 0.1) is 12.6 Å². The number of benzene rings is 2. The maximum Gasteiger partial charge on any atom is 0.407 e. The Morgan fingerprint density at radius 2 is 1.91 bits per heavy atom. The second kappa shape index (κ2) is 7.29. The van der Waals surface area contributed by atoms with Gasteiger partial charge in [-0.1, -0.05) is 54.6 Å². The molecule has 1 amide bonds. The molecule has 0 heterocycles.